The van der Waals surface area contributed by atoms with Gasteiger partial charge in [0.1, 0.15) is 0 Å². The second-order valence-corrected chi connectivity index (χ2v) is 6.76. The van der Waals surface area contributed by atoms with Gasteiger partial charge in [-0.3, -0.25) is 14.6 Å². The van der Waals surface area contributed by atoms with Crippen LogP contribution in [-0.4, -0.2) is 21.2 Å². The fourth-order valence-electron chi connectivity index (χ4n) is 3.74. The molecule has 0 saturated carbocycles. The molecule has 0 aliphatic heterocycles. The molecule has 4 rings (SSSR count). The largest absolute Gasteiger partial charge is 0.369 e. The number of nitrogens with one attached hydrogen (secondary N) is 1. The maximum atomic E-state index is 12.9. The summed E-state index contributed by atoms with van der Waals surface area (Å²) in [6, 6.07) is 13.5. The normalized spacial score (nSPS) is 16.0. The highest BCUT2D eigenvalue weighted by atomic mass is 16.1. The Morgan fingerprint density at radius 2 is 1.85 bits per heavy atom. The van der Waals surface area contributed by atoms with Crippen LogP contribution in [0.2, 0.25) is 0 Å². The van der Waals surface area contributed by atoms with Gasteiger partial charge in [0.2, 0.25) is 5.91 Å². The first-order valence-electron chi connectivity index (χ1n) is 8.82. The van der Waals surface area contributed by atoms with Crippen LogP contribution < -0.4 is 11.1 Å². The van der Waals surface area contributed by atoms with Crippen LogP contribution >= 0.6 is 0 Å². The van der Waals surface area contributed by atoms with E-state index in [1.54, 1.807) is 12.4 Å². The van der Waals surface area contributed by atoms with Gasteiger partial charge >= 0.3 is 0 Å². The van der Waals surface area contributed by atoms with Crippen molar-refractivity contribution in [3.8, 4) is 11.3 Å². The van der Waals surface area contributed by atoms with E-state index >= 15 is 0 Å². The summed E-state index contributed by atoms with van der Waals surface area (Å²) in [5, 5.41) is 3.42. The number of anilines is 2. The van der Waals surface area contributed by atoms with Gasteiger partial charge in [0, 0.05) is 49.2 Å². The van der Waals surface area contributed by atoms with Crippen LogP contribution in [0, 0.1) is 5.92 Å². The predicted octanol–water partition coefficient (Wildman–Crippen LogP) is 3.06. The van der Waals surface area contributed by atoms with E-state index in [0.29, 0.717) is 12.0 Å². The fourth-order valence-corrected chi connectivity index (χ4v) is 3.74. The molecule has 0 spiro atoms. The number of rotatable bonds is 4. The molecule has 1 atom stereocenters. The summed E-state index contributed by atoms with van der Waals surface area (Å²) in [7, 11) is 1.92. The molecule has 0 radical (unpaired) electrons. The van der Waals surface area contributed by atoms with Crippen molar-refractivity contribution in [3.63, 3.8) is 0 Å². The number of aromatic nitrogens is 2. The number of ketones is 1. The van der Waals surface area contributed by atoms with Crippen LogP contribution in [0.15, 0.2) is 54.9 Å². The van der Waals surface area contributed by atoms with Gasteiger partial charge in [0.25, 0.3) is 0 Å². The molecule has 1 amide bonds. The van der Waals surface area contributed by atoms with Gasteiger partial charge in [-0.1, -0.05) is 18.2 Å². The maximum Gasteiger partial charge on any atom is 0.221 e. The van der Waals surface area contributed by atoms with Crippen molar-refractivity contribution >= 4 is 23.1 Å². The number of para-hydroxylation sites is 1. The maximum absolute atomic E-state index is 12.9. The summed E-state index contributed by atoms with van der Waals surface area (Å²) in [6.45, 7) is 0. The zero-order chi connectivity index (χ0) is 19.0. The minimum atomic E-state index is -0.464. The van der Waals surface area contributed by atoms with E-state index < -0.39 is 11.8 Å². The number of nitrogens with two attached hydrogens (primary N) is 1. The molecule has 0 bridgehead atoms. The summed E-state index contributed by atoms with van der Waals surface area (Å²) >= 11 is 0. The van der Waals surface area contributed by atoms with Gasteiger partial charge in [-0.25, -0.2) is 0 Å². The molecule has 1 aliphatic carbocycles. The van der Waals surface area contributed by atoms with Crippen molar-refractivity contribution in [1.29, 1.82) is 0 Å². The third-order valence-corrected chi connectivity index (χ3v) is 5.07. The molecule has 2 aromatic heterocycles. The number of carbonyl (C=O) groups is 2. The quantitative estimate of drug-likeness (QED) is 0.748. The van der Waals surface area contributed by atoms with Gasteiger partial charge in [-0.15, -0.1) is 0 Å². The average Bonchev–Trinajstić information content (AvgIpc) is 2.95. The lowest BCUT2D eigenvalue weighted by atomic mass is 9.85. The Kier molecular flexibility index (Phi) is 4.24. The van der Waals surface area contributed by atoms with E-state index in [4.69, 9.17) is 5.73 Å². The smallest absolute Gasteiger partial charge is 0.221 e. The lowest BCUT2D eigenvalue weighted by Gasteiger charge is -2.20. The van der Waals surface area contributed by atoms with Crippen LogP contribution in [0.1, 0.15) is 22.5 Å². The number of pyridine rings is 1. The Labute approximate surface area is 157 Å². The number of benzene rings is 1. The number of carbonyl (C=O) groups excluding carboxylic acids is 2. The Bertz CT molecular complexity index is 1010. The first-order valence-corrected chi connectivity index (χ1v) is 8.82. The lowest BCUT2D eigenvalue weighted by molar-refractivity contribution is -0.121. The highest BCUT2D eigenvalue weighted by Crippen LogP contribution is 2.41. The molecule has 1 aliphatic rings. The topological polar surface area (TPSA) is 90.0 Å². The number of fused-ring (bicyclic) bond motifs is 1. The van der Waals surface area contributed by atoms with Crippen LogP contribution in [0.25, 0.3) is 11.3 Å². The van der Waals surface area contributed by atoms with Crippen LogP contribution in [0.4, 0.5) is 11.4 Å². The van der Waals surface area contributed by atoms with E-state index in [1.807, 2.05) is 54.1 Å². The molecular weight excluding hydrogens is 340 g/mol. The molecule has 6 nitrogen and oxygen atoms in total. The Hall–Kier alpha value is -3.41. The van der Waals surface area contributed by atoms with Crippen molar-refractivity contribution in [2.24, 2.45) is 18.7 Å². The Balaban J connectivity index is 1.92. The van der Waals surface area contributed by atoms with Crippen molar-refractivity contribution < 1.29 is 9.59 Å². The number of nitrogens with zero attached hydrogens (tertiary/aromatic N) is 2. The first kappa shape index (κ1) is 17.0. The summed E-state index contributed by atoms with van der Waals surface area (Å²) < 4.78 is 1.99. The monoisotopic (exact) mass is 360 g/mol. The number of primary amides is 1. The lowest BCUT2D eigenvalue weighted by Crippen LogP contribution is -2.32. The van der Waals surface area contributed by atoms with Gasteiger partial charge < -0.3 is 15.6 Å². The fraction of sp³-hybridized carbons (Fsp3) is 0.190. The molecule has 3 aromatic rings. The van der Waals surface area contributed by atoms with Crippen LogP contribution in [-0.2, 0) is 18.3 Å². The van der Waals surface area contributed by atoms with Crippen molar-refractivity contribution in [2.45, 2.75) is 12.8 Å². The minimum absolute atomic E-state index is 0.0608. The van der Waals surface area contributed by atoms with E-state index in [9.17, 15) is 9.59 Å². The Morgan fingerprint density at radius 1 is 1.15 bits per heavy atom. The molecule has 136 valence electrons. The molecule has 27 heavy (non-hydrogen) atoms. The Morgan fingerprint density at radius 3 is 2.52 bits per heavy atom. The number of hydrogen-bond donors (Lipinski definition) is 2. The second kappa shape index (κ2) is 6.72. The first-order chi connectivity index (χ1) is 13.1. The van der Waals surface area contributed by atoms with Crippen molar-refractivity contribution in [2.75, 3.05) is 5.32 Å². The summed E-state index contributed by atoms with van der Waals surface area (Å²) in [5.41, 5.74) is 10.5. The molecule has 6 heteroatoms. The van der Waals surface area contributed by atoms with Crippen molar-refractivity contribution in [1.82, 2.24) is 9.55 Å². The van der Waals surface area contributed by atoms with Gasteiger partial charge in [0.05, 0.1) is 22.9 Å². The zero-order valence-corrected chi connectivity index (χ0v) is 15.0. The number of amides is 1. The van der Waals surface area contributed by atoms with Gasteiger partial charge in [-0.05, 0) is 24.3 Å². The molecule has 1 aromatic carbocycles. The van der Waals surface area contributed by atoms with Crippen LogP contribution in [0.3, 0.4) is 0 Å². The zero-order valence-electron chi connectivity index (χ0n) is 15.0. The number of Topliss-reactive ketones (excluding diaryl/α,β-unsaturated/α-hetero) is 1. The standard InChI is InChI=1S/C21H20N4O2/c1-25-16-11-14(21(22)27)12-17(26)18(16)19(24-15-5-3-2-4-6-15)20(25)13-7-9-23-10-8-13/h2-10,14,24H,11-12H2,1H3,(H2,22,27). The summed E-state index contributed by atoms with van der Waals surface area (Å²) in [6.07, 6.45) is 4.05. The second-order valence-electron chi connectivity index (χ2n) is 6.76. The summed E-state index contributed by atoms with van der Waals surface area (Å²) in [4.78, 5) is 28.7. The average molecular weight is 360 g/mol. The molecule has 3 N–H and O–H groups in total. The number of hydrogen-bond acceptors (Lipinski definition) is 4. The predicted molar refractivity (Wildman–Crippen MR) is 104 cm³/mol. The molecule has 1 unspecified atom stereocenters. The SMILES string of the molecule is Cn1c2c(c(Nc3ccccc3)c1-c1ccncc1)C(=O)CC(C(N)=O)C2. The van der Waals surface area contributed by atoms with E-state index in [0.717, 1.165) is 28.3 Å². The third-order valence-electron chi connectivity index (χ3n) is 5.07. The minimum Gasteiger partial charge on any atom is -0.369 e. The molecule has 0 fully saturated rings. The van der Waals surface area contributed by atoms with E-state index in [2.05, 4.69) is 10.3 Å². The molecule has 2 heterocycles. The third kappa shape index (κ3) is 2.99. The summed E-state index contributed by atoms with van der Waals surface area (Å²) in [5.74, 6) is -0.957. The van der Waals surface area contributed by atoms with Gasteiger partial charge in [0.15, 0.2) is 5.78 Å². The highest BCUT2D eigenvalue weighted by Gasteiger charge is 2.35. The van der Waals surface area contributed by atoms with Gasteiger partial charge in [-0.2, -0.15) is 0 Å². The highest BCUT2D eigenvalue weighted by molar-refractivity contribution is 6.09. The van der Waals surface area contributed by atoms with Crippen LogP contribution in [0.5, 0.6) is 0 Å². The van der Waals surface area contributed by atoms with E-state index in [1.165, 1.54) is 0 Å². The molecular formula is C21H20N4O2. The molecule has 0 saturated heterocycles. The van der Waals surface area contributed by atoms with E-state index in [-0.39, 0.29) is 12.2 Å². The van der Waals surface area contributed by atoms with Crippen molar-refractivity contribution in [3.05, 3.63) is 66.1 Å².